The van der Waals surface area contributed by atoms with Gasteiger partial charge in [-0.2, -0.15) is 0 Å². The van der Waals surface area contributed by atoms with Gasteiger partial charge in [-0.1, -0.05) is 0 Å². The average molecular weight is 440 g/mol. The molecule has 0 saturated heterocycles. The molecule has 0 atom stereocenters. The lowest BCUT2D eigenvalue weighted by Crippen LogP contribution is -2.36. The van der Waals surface area contributed by atoms with E-state index in [1.54, 1.807) is 27.9 Å². The number of aldehydes is 1. The molecule has 2 amide bonds. The number of amides is 2. The lowest BCUT2D eigenvalue weighted by molar-refractivity contribution is -0.107. The second-order valence-electron chi connectivity index (χ2n) is 7.46. The van der Waals surface area contributed by atoms with Crippen LogP contribution in [-0.2, 0) is 23.9 Å². The van der Waals surface area contributed by atoms with E-state index in [0.29, 0.717) is 25.9 Å². The molecule has 0 aromatic heterocycles. The van der Waals surface area contributed by atoms with Crippen molar-refractivity contribution in [1.29, 1.82) is 0 Å². The van der Waals surface area contributed by atoms with Gasteiger partial charge in [-0.3, -0.25) is 0 Å². The van der Waals surface area contributed by atoms with Crippen LogP contribution in [0.4, 0.5) is 9.59 Å². The maximum absolute atomic E-state index is 11.0. The highest BCUT2D eigenvalue weighted by atomic mass is 16.6. The molecule has 0 aromatic carbocycles. The molecule has 0 aliphatic carbocycles. The van der Waals surface area contributed by atoms with E-state index in [1.165, 1.54) is 7.11 Å². The molecule has 180 valence electrons. The van der Waals surface area contributed by atoms with E-state index in [9.17, 15) is 14.4 Å². The number of hydrogen-bond donors (Lipinski definition) is 5. The number of hydrogen-bond acceptors (Lipinski definition) is 10. The molecule has 12 heteroatoms. The van der Waals surface area contributed by atoms with Gasteiger partial charge in [-0.25, -0.2) is 20.5 Å². The Morgan fingerprint density at radius 2 is 1.23 bits per heavy atom. The fourth-order valence-corrected chi connectivity index (χ4v) is 1.23. The number of ether oxygens (including phenoxy) is 2. The molecule has 0 aromatic rings. The molecule has 0 radical (unpaired) electrons. The van der Waals surface area contributed by atoms with Crippen molar-refractivity contribution in [2.75, 3.05) is 46.9 Å². The first-order chi connectivity index (χ1) is 13.8. The predicted molar refractivity (Wildman–Crippen MR) is 114 cm³/mol. The largest absolute Gasteiger partial charge is 0.444 e. The second-order valence-corrected chi connectivity index (χ2v) is 7.46. The summed E-state index contributed by atoms with van der Waals surface area (Å²) in [5.74, 6) is 0. The van der Waals surface area contributed by atoms with Gasteiger partial charge >= 0.3 is 12.2 Å². The molecule has 0 fully saturated rings. The summed E-state index contributed by atoms with van der Waals surface area (Å²) in [6.45, 7) is 13.1. The van der Waals surface area contributed by atoms with Crippen molar-refractivity contribution in [2.24, 2.45) is 5.73 Å². The maximum atomic E-state index is 11.0. The summed E-state index contributed by atoms with van der Waals surface area (Å²) in [7, 11) is 3.09. The third-order valence-corrected chi connectivity index (χ3v) is 2.16. The van der Waals surface area contributed by atoms with E-state index < -0.39 is 23.4 Å². The van der Waals surface area contributed by atoms with Crippen LogP contribution >= 0.6 is 0 Å². The lowest BCUT2D eigenvalue weighted by Gasteiger charge is -2.19. The zero-order valence-corrected chi connectivity index (χ0v) is 19.5. The van der Waals surface area contributed by atoms with Crippen LogP contribution in [0, 0.1) is 0 Å². The molecule has 0 aliphatic heterocycles. The Balaban J connectivity index is -0.000000389. The van der Waals surface area contributed by atoms with Crippen LogP contribution in [0.5, 0.6) is 0 Å². The quantitative estimate of drug-likeness (QED) is 0.194. The minimum absolute atomic E-state index is 0.00505. The van der Waals surface area contributed by atoms with E-state index in [1.807, 2.05) is 20.8 Å². The van der Waals surface area contributed by atoms with Crippen molar-refractivity contribution in [2.45, 2.75) is 52.7 Å². The highest BCUT2D eigenvalue weighted by molar-refractivity contribution is 5.71. The minimum atomic E-state index is -0.565. The molecule has 6 N–H and O–H groups in total. The van der Waals surface area contributed by atoms with Crippen LogP contribution in [0.1, 0.15) is 41.5 Å². The number of nitrogens with one attached hydrogen (secondary N) is 4. The highest BCUT2D eigenvalue weighted by Gasteiger charge is 2.15. The summed E-state index contributed by atoms with van der Waals surface area (Å²) in [4.78, 5) is 40.6. The van der Waals surface area contributed by atoms with E-state index in [2.05, 4.69) is 31.3 Å². The SMILES string of the molecule is CC(C)(C)OC(=O)NCC=O.CONCCN.CONCCNC(=O)OC(C)(C)C. The Hall–Kier alpha value is -1.99. The number of carbonyl (C=O) groups excluding carboxylic acids is 3. The molecule has 0 heterocycles. The van der Waals surface area contributed by atoms with Gasteiger partial charge < -0.3 is 40.3 Å². The van der Waals surface area contributed by atoms with E-state index in [4.69, 9.17) is 15.2 Å². The maximum Gasteiger partial charge on any atom is 0.408 e. The molecule has 0 saturated carbocycles. The zero-order valence-electron chi connectivity index (χ0n) is 19.5. The average Bonchev–Trinajstić information content (AvgIpc) is 2.60. The summed E-state index contributed by atoms with van der Waals surface area (Å²) in [6.07, 6.45) is -0.376. The van der Waals surface area contributed by atoms with Gasteiger partial charge in [0.05, 0.1) is 20.8 Å². The van der Waals surface area contributed by atoms with Crippen LogP contribution in [0.3, 0.4) is 0 Å². The van der Waals surface area contributed by atoms with Crippen LogP contribution < -0.4 is 27.3 Å². The summed E-state index contributed by atoms with van der Waals surface area (Å²) >= 11 is 0. The van der Waals surface area contributed by atoms with Gasteiger partial charge in [0.25, 0.3) is 0 Å². The van der Waals surface area contributed by atoms with Crippen molar-refractivity contribution in [1.82, 2.24) is 21.6 Å². The fraction of sp³-hybridized carbons (Fsp3) is 0.833. The van der Waals surface area contributed by atoms with E-state index in [0.717, 1.165) is 6.54 Å². The van der Waals surface area contributed by atoms with Crippen LogP contribution in [0.15, 0.2) is 0 Å². The Morgan fingerprint density at radius 3 is 1.57 bits per heavy atom. The van der Waals surface area contributed by atoms with Crippen molar-refractivity contribution >= 4 is 18.5 Å². The van der Waals surface area contributed by atoms with Crippen molar-refractivity contribution in [3.05, 3.63) is 0 Å². The number of alkyl carbamates (subject to hydrolysis) is 2. The lowest BCUT2D eigenvalue weighted by atomic mass is 10.2. The first-order valence-electron chi connectivity index (χ1n) is 9.42. The number of nitrogens with two attached hydrogens (primary N) is 1. The van der Waals surface area contributed by atoms with Gasteiger partial charge in [-0.05, 0) is 41.5 Å². The Kier molecular flexibility index (Phi) is 22.1. The van der Waals surface area contributed by atoms with Crippen molar-refractivity contribution in [3.63, 3.8) is 0 Å². The first kappa shape index (κ1) is 32.7. The van der Waals surface area contributed by atoms with Crippen molar-refractivity contribution in [3.8, 4) is 0 Å². The van der Waals surface area contributed by atoms with Gasteiger partial charge in [-0.15, -0.1) is 0 Å². The number of hydroxylamine groups is 2. The Labute approximate surface area is 179 Å². The van der Waals surface area contributed by atoms with Crippen molar-refractivity contribution < 1.29 is 33.5 Å². The van der Waals surface area contributed by atoms with E-state index in [-0.39, 0.29) is 6.54 Å². The van der Waals surface area contributed by atoms with Gasteiger partial charge in [0, 0.05) is 26.2 Å². The monoisotopic (exact) mass is 439 g/mol. The predicted octanol–water partition coefficient (Wildman–Crippen LogP) is 0.468. The van der Waals surface area contributed by atoms with Crippen LogP contribution in [0.25, 0.3) is 0 Å². The molecule has 30 heavy (non-hydrogen) atoms. The molecule has 0 bridgehead atoms. The van der Waals surface area contributed by atoms with Crippen LogP contribution in [-0.4, -0.2) is 76.6 Å². The van der Waals surface area contributed by atoms with Crippen LogP contribution in [0.2, 0.25) is 0 Å². The highest BCUT2D eigenvalue weighted by Crippen LogP contribution is 2.06. The topological polar surface area (TPSA) is 162 Å². The Bertz CT molecular complexity index is 434. The zero-order chi connectivity index (χ0) is 24.1. The summed E-state index contributed by atoms with van der Waals surface area (Å²) in [5, 5.41) is 4.83. The molecular formula is C18H41N5O7. The molecule has 0 spiro atoms. The van der Waals surface area contributed by atoms with Gasteiger partial charge in [0.1, 0.15) is 17.5 Å². The Morgan fingerprint density at radius 1 is 0.800 bits per heavy atom. The summed E-state index contributed by atoms with van der Waals surface area (Å²) in [6, 6.07) is 0. The minimum Gasteiger partial charge on any atom is -0.444 e. The molecular weight excluding hydrogens is 398 g/mol. The third-order valence-electron chi connectivity index (χ3n) is 2.16. The summed E-state index contributed by atoms with van der Waals surface area (Å²) in [5.41, 5.74) is 9.29. The fourth-order valence-electron chi connectivity index (χ4n) is 1.23. The first-order valence-corrected chi connectivity index (χ1v) is 9.42. The molecule has 0 unspecified atom stereocenters. The molecule has 0 rings (SSSR count). The standard InChI is InChI=1S/C8H18N2O3.C7H13NO3.C3H10N2O/c1-8(2,3)13-7(11)9-5-6-10-12-4;1-7(2,3)11-6(10)8-4-5-9;1-6-5-3-2-4/h10H,5-6H2,1-4H3,(H,9,11);5H,4H2,1-3H3,(H,8,10);5H,2-4H2,1H3. The van der Waals surface area contributed by atoms with Gasteiger partial charge in [0.2, 0.25) is 0 Å². The third kappa shape index (κ3) is 36.9. The molecule has 0 aliphatic rings. The number of carbonyl (C=O) groups is 3. The second kappa shape index (κ2) is 20.3. The normalized spacial score (nSPS) is 10.4. The summed E-state index contributed by atoms with van der Waals surface area (Å²) < 4.78 is 9.83. The number of rotatable bonds is 9. The van der Waals surface area contributed by atoms with E-state index >= 15 is 0 Å². The smallest absolute Gasteiger partial charge is 0.408 e. The van der Waals surface area contributed by atoms with Gasteiger partial charge in [0.15, 0.2) is 0 Å². The molecule has 12 nitrogen and oxygen atoms in total.